The maximum absolute atomic E-state index is 6.73. The fraction of sp³-hybridized carbons (Fsp3) is 0. The van der Waals surface area contributed by atoms with Gasteiger partial charge in [-0.2, -0.15) is 0 Å². The Bertz CT molecular complexity index is 3370. The van der Waals surface area contributed by atoms with E-state index in [2.05, 4.69) is 161 Å². The van der Waals surface area contributed by atoms with Gasteiger partial charge in [0.25, 0.3) is 0 Å². The van der Waals surface area contributed by atoms with Gasteiger partial charge in [-0.1, -0.05) is 115 Å². The summed E-state index contributed by atoms with van der Waals surface area (Å²) >= 11 is 0. The number of aromatic nitrogens is 2. The molecule has 0 saturated carbocycles. The first-order valence-electron chi connectivity index (χ1n) is 17.7. The maximum Gasteiger partial charge on any atom is 0.145 e. The van der Waals surface area contributed by atoms with Crippen LogP contribution in [0.15, 0.2) is 179 Å². The molecule has 0 N–H and O–H groups in total. The summed E-state index contributed by atoms with van der Waals surface area (Å²) in [6.07, 6.45) is 0. The van der Waals surface area contributed by atoms with Crippen LogP contribution in [-0.4, -0.2) is 9.13 Å². The molecule has 4 heteroatoms. The minimum atomic E-state index is 0.894. The minimum absolute atomic E-state index is 0.894. The molecule has 0 aliphatic heterocycles. The van der Waals surface area contributed by atoms with Gasteiger partial charge in [-0.05, 0) is 60.2 Å². The molecule has 4 aromatic heterocycles. The zero-order valence-electron chi connectivity index (χ0n) is 27.9. The first-order chi connectivity index (χ1) is 25.8. The average molecular weight is 665 g/mol. The molecule has 0 unspecified atom stereocenters. The van der Waals surface area contributed by atoms with Gasteiger partial charge in [0.2, 0.25) is 0 Å². The summed E-state index contributed by atoms with van der Waals surface area (Å²) < 4.78 is 18.1. The van der Waals surface area contributed by atoms with Crippen molar-refractivity contribution in [2.75, 3.05) is 0 Å². The molecule has 0 spiro atoms. The van der Waals surface area contributed by atoms with Crippen LogP contribution in [0.2, 0.25) is 0 Å². The van der Waals surface area contributed by atoms with Gasteiger partial charge in [0.1, 0.15) is 22.3 Å². The topological polar surface area (TPSA) is 36.1 Å². The van der Waals surface area contributed by atoms with Crippen molar-refractivity contribution in [2.45, 2.75) is 0 Å². The smallest absolute Gasteiger partial charge is 0.145 e. The molecule has 0 bridgehead atoms. The molecule has 0 fully saturated rings. The van der Waals surface area contributed by atoms with Crippen LogP contribution in [-0.2, 0) is 0 Å². The summed E-state index contributed by atoms with van der Waals surface area (Å²) in [6, 6.07) is 60.5. The quantitative estimate of drug-likeness (QED) is 0.188. The number of hydrogen-bond donors (Lipinski definition) is 0. The van der Waals surface area contributed by atoms with Gasteiger partial charge in [-0.25, -0.2) is 0 Å². The second-order valence-corrected chi connectivity index (χ2v) is 13.6. The standard InChI is InChI=1S/C48H28N2O2/c1-5-21-39-32(14-1)33-15-2-6-22-40(33)50(39)42-23-11-20-38-45-41(27-26-37-35-17-4-8-25-44(35)52-48(37)45)49(46(38)42)30-13-9-12-29(28-30)31-18-10-19-36-34-16-3-7-24-43(34)51-47(31)36/h1-28H. The monoisotopic (exact) mass is 664 g/mol. The average Bonchev–Trinajstić information content (AvgIpc) is 3.95. The van der Waals surface area contributed by atoms with Crippen LogP contribution in [0.4, 0.5) is 0 Å². The van der Waals surface area contributed by atoms with Gasteiger partial charge in [-0.3, -0.25) is 0 Å². The van der Waals surface area contributed by atoms with E-state index in [1.807, 2.05) is 18.2 Å². The van der Waals surface area contributed by atoms with E-state index in [-0.39, 0.29) is 0 Å². The number of benzene rings is 8. The van der Waals surface area contributed by atoms with Crippen molar-refractivity contribution in [1.82, 2.24) is 9.13 Å². The Labute approximate surface area is 296 Å². The maximum atomic E-state index is 6.73. The molecule has 4 nitrogen and oxygen atoms in total. The number of rotatable bonds is 3. The second-order valence-electron chi connectivity index (χ2n) is 13.6. The largest absolute Gasteiger partial charge is 0.455 e. The Balaban J connectivity index is 1.22. The zero-order valence-corrected chi connectivity index (χ0v) is 27.9. The van der Waals surface area contributed by atoms with E-state index in [1.165, 1.54) is 21.8 Å². The molecule has 4 heterocycles. The van der Waals surface area contributed by atoms with Crippen LogP contribution in [0.5, 0.6) is 0 Å². The number of hydrogen-bond acceptors (Lipinski definition) is 2. The van der Waals surface area contributed by atoms with Gasteiger partial charge >= 0.3 is 0 Å². The van der Waals surface area contributed by atoms with Crippen LogP contribution in [0.1, 0.15) is 0 Å². The number of nitrogens with zero attached hydrogens (tertiary/aromatic N) is 2. The Morgan fingerprint density at radius 3 is 1.69 bits per heavy atom. The predicted octanol–water partition coefficient (Wildman–Crippen LogP) is 13.3. The van der Waals surface area contributed by atoms with E-state index in [0.717, 1.165) is 88.2 Å². The van der Waals surface area contributed by atoms with E-state index in [9.17, 15) is 0 Å². The molecule has 52 heavy (non-hydrogen) atoms. The molecule has 12 rings (SSSR count). The highest BCUT2D eigenvalue weighted by Crippen LogP contribution is 2.44. The van der Waals surface area contributed by atoms with Crippen molar-refractivity contribution in [3.8, 4) is 22.5 Å². The van der Waals surface area contributed by atoms with Crippen molar-refractivity contribution in [2.24, 2.45) is 0 Å². The van der Waals surface area contributed by atoms with E-state index in [1.54, 1.807) is 0 Å². The van der Waals surface area contributed by atoms with Crippen molar-refractivity contribution >= 4 is 87.5 Å². The van der Waals surface area contributed by atoms with Crippen molar-refractivity contribution in [3.05, 3.63) is 170 Å². The first kappa shape index (κ1) is 27.7. The van der Waals surface area contributed by atoms with E-state index in [4.69, 9.17) is 8.83 Å². The minimum Gasteiger partial charge on any atom is -0.455 e. The highest BCUT2D eigenvalue weighted by molar-refractivity contribution is 6.25. The Morgan fingerprint density at radius 1 is 0.365 bits per heavy atom. The fourth-order valence-electron chi connectivity index (χ4n) is 8.73. The summed E-state index contributed by atoms with van der Waals surface area (Å²) in [5, 5.41) is 9.21. The highest BCUT2D eigenvalue weighted by atomic mass is 16.3. The highest BCUT2D eigenvalue weighted by Gasteiger charge is 2.23. The molecule has 0 aliphatic carbocycles. The predicted molar refractivity (Wildman–Crippen MR) is 215 cm³/mol. The van der Waals surface area contributed by atoms with Gasteiger partial charge in [-0.15, -0.1) is 0 Å². The molecule has 12 aromatic rings. The Morgan fingerprint density at radius 2 is 0.942 bits per heavy atom. The third-order valence-electron chi connectivity index (χ3n) is 10.9. The molecular formula is C48H28N2O2. The molecule has 0 radical (unpaired) electrons. The second kappa shape index (κ2) is 10.3. The summed E-state index contributed by atoms with van der Waals surface area (Å²) in [6.45, 7) is 0. The van der Waals surface area contributed by atoms with Gasteiger partial charge in [0.15, 0.2) is 0 Å². The van der Waals surface area contributed by atoms with Crippen LogP contribution in [0.25, 0.3) is 110 Å². The SMILES string of the molecule is c1cc(-c2cccc3c2oc2ccccc23)cc(-n2c3ccc4c5ccccc5oc4c3c3cccc(-n4c5ccccc5c5ccccc54)c32)c1. The first-order valence-corrected chi connectivity index (χ1v) is 17.7. The molecule has 0 amide bonds. The van der Waals surface area contributed by atoms with E-state index in [0.29, 0.717) is 0 Å². The lowest BCUT2D eigenvalue weighted by Gasteiger charge is -2.15. The number of furan rings is 2. The van der Waals surface area contributed by atoms with Crippen molar-refractivity contribution in [1.29, 1.82) is 0 Å². The molecule has 0 atom stereocenters. The zero-order chi connectivity index (χ0) is 33.9. The van der Waals surface area contributed by atoms with Gasteiger partial charge in [0, 0.05) is 49.0 Å². The normalized spacial score (nSPS) is 12.2. The Kier molecular flexibility index (Phi) is 5.47. The summed E-state index contributed by atoms with van der Waals surface area (Å²) in [4.78, 5) is 0. The lowest BCUT2D eigenvalue weighted by Crippen LogP contribution is -2.00. The third kappa shape index (κ3) is 3.65. The molecular weight excluding hydrogens is 637 g/mol. The fourth-order valence-corrected chi connectivity index (χ4v) is 8.73. The lowest BCUT2D eigenvalue weighted by atomic mass is 10.0. The number of fused-ring (bicyclic) bond motifs is 13. The van der Waals surface area contributed by atoms with Gasteiger partial charge < -0.3 is 18.0 Å². The summed E-state index contributed by atoms with van der Waals surface area (Å²) in [5.41, 5.74) is 12.5. The van der Waals surface area contributed by atoms with Crippen LogP contribution in [0.3, 0.4) is 0 Å². The Hall–Kier alpha value is -7.04. The van der Waals surface area contributed by atoms with Crippen molar-refractivity contribution < 1.29 is 8.83 Å². The lowest BCUT2D eigenvalue weighted by molar-refractivity contribution is 0.670. The van der Waals surface area contributed by atoms with Crippen LogP contribution < -0.4 is 0 Å². The van der Waals surface area contributed by atoms with Crippen LogP contribution >= 0.6 is 0 Å². The van der Waals surface area contributed by atoms with Gasteiger partial charge in [0.05, 0.1) is 33.1 Å². The third-order valence-corrected chi connectivity index (χ3v) is 10.9. The number of para-hydroxylation sites is 6. The van der Waals surface area contributed by atoms with E-state index >= 15 is 0 Å². The van der Waals surface area contributed by atoms with E-state index < -0.39 is 0 Å². The summed E-state index contributed by atoms with van der Waals surface area (Å²) in [7, 11) is 0. The molecule has 242 valence electrons. The molecule has 0 saturated heterocycles. The summed E-state index contributed by atoms with van der Waals surface area (Å²) in [5.74, 6) is 0. The van der Waals surface area contributed by atoms with Crippen LogP contribution in [0, 0.1) is 0 Å². The molecule has 8 aromatic carbocycles. The molecule has 0 aliphatic rings. The van der Waals surface area contributed by atoms with Crippen molar-refractivity contribution in [3.63, 3.8) is 0 Å².